The molecule has 1 saturated heterocycles. The molecule has 0 radical (unpaired) electrons. The number of nitrogens with zero attached hydrogens (tertiary/aromatic N) is 3. The van der Waals surface area contributed by atoms with Gasteiger partial charge < -0.3 is 9.64 Å². The van der Waals surface area contributed by atoms with E-state index in [1.165, 1.54) is 41.7 Å². The third-order valence-electron chi connectivity index (χ3n) is 4.84. The second kappa shape index (κ2) is 8.65. The molecule has 150 valence electrons. The Morgan fingerprint density at radius 3 is 2.72 bits per heavy atom. The van der Waals surface area contributed by atoms with E-state index in [-0.39, 0.29) is 30.1 Å². The monoisotopic (exact) mass is 415 g/mol. The van der Waals surface area contributed by atoms with Gasteiger partial charge in [0, 0.05) is 24.6 Å². The van der Waals surface area contributed by atoms with E-state index in [0.29, 0.717) is 29.4 Å². The van der Waals surface area contributed by atoms with Crippen LogP contribution in [0.3, 0.4) is 0 Å². The molecule has 1 atom stereocenters. The smallest absolute Gasteiger partial charge is 0.260 e. The van der Waals surface area contributed by atoms with Crippen LogP contribution in [0.4, 0.5) is 8.78 Å². The van der Waals surface area contributed by atoms with E-state index in [1.54, 1.807) is 23.1 Å². The summed E-state index contributed by atoms with van der Waals surface area (Å²) in [5.41, 5.74) is 0.438. The molecule has 0 aliphatic carbocycles. The van der Waals surface area contributed by atoms with Gasteiger partial charge in [-0.1, -0.05) is 23.5 Å². The summed E-state index contributed by atoms with van der Waals surface area (Å²) in [6.45, 7) is 1.08. The van der Waals surface area contributed by atoms with Crippen molar-refractivity contribution in [2.45, 2.75) is 18.8 Å². The minimum absolute atomic E-state index is 0.0662. The van der Waals surface area contributed by atoms with Gasteiger partial charge in [-0.25, -0.2) is 8.78 Å². The van der Waals surface area contributed by atoms with Crippen LogP contribution in [0.25, 0.3) is 10.6 Å². The van der Waals surface area contributed by atoms with E-state index >= 15 is 0 Å². The van der Waals surface area contributed by atoms with Crippen LogP contribution in [-0.2, 0) is 4.79 Å². The van der Waals surface area contributed by atoms with Crippen LogP contribution >= 0.6 is 11.3 Å². The predicted molar refractivity (Wildman–Crippen MR) is 106 cm³/mol. The van der Waals surface area contributed by atoms with Gasteiger partial charge in [-0.2, -0.15) is 0 Å². The Bertz CT molecular complexity index is 994. The van der Waals surface area contributed by atoms with Gasteiger partial charge in [0.1, 0.15) is 22.4 Å². The zero-order valence-electron chi connectivity index (χ0n) is 15.6. The molecule has 0 saturated carbocycles. The number of hydrogen-bond acceptors (Lipinski definition) is 5. The topological polar surface area (TPSA) is 55.3 Å². The van der Waals surface area contributed by atoms with Crippen molar-refractivity contribution in [1.29, 1.82) is 0 Å². The molecule has 0 spiro atoms. The fourth-order valence-electron chi connectivity index (χ4n) is 3.32. The maximum absolute atomic E-state index is 14.0. The number of piperidine rings is 1. The number of amides is 1. The van der Waals surface area contributed by atoms with Crippen molar-refractivity contribution >= 4 is 17.2 Å². The van der Waals surface area contributed by atoms with Crippen LogP contribution in [0.2, 0.25) is 0 Å². The lowest BCUT2D eigenvalue weighted by molar-refractivity contribution is -0.134. The predicted octanol–water partition coefficient (Wildman–Crippen LogP) is 4.27. The number of carbonyl (C=O) groups is 1. The van der Waals surface area contributed by atoms with Gasteiger partial charge in [-0.05, 0) is 49.2 Å². The summed E-state index contributed by atoms with van der Waals surface area (Å²) in [5.74, 6) is -0.288. The number of benzene rings is 2. The second-order valence-corrected chi connectivity index (χ2v) is 7.86. The van der Waals surface area contributed by atoms with Gasteiger partial charge >= 0.3 is 0 Å². The normalized spacial score (nSPS) is 16.6. The first kappa shape index (κ1) is 19.4. The van der Waals surface area contributed by atoms with E-state index in [4.69, 9.17) is 4.74 Å². The number of likely N-dealkylation sites (tertiary alicyclic amines) is 1. The van der Waals surface area contributed by atoms with Gasteiger partial charge in [0.2, 0.25) is 0 Å². The van der Waals surface area contributed by atoms with Gasteiger partial charge in [0.15, 0.2) is 11.6 Å². The molecular formula is C21H19F2N3O2S. The average Bonchev–Trinajstić information content (AvgIpc) is 3.23. The Labute approximate surface area is 171 Å². The Kier molecular flexibility index (Phi) is 5.80. The number of ether oxygens (including phenoxy) is 1. The fourth-order valence-corrected chi connectivity index (χ4v) is 4.31. The van der Waals surface area contributed by atoms with Crippen LogP contribution in [0, 0.1) is 11.6 Å². The third kappa shape index (κ3) is 4.59. The number of carbonyl (C=O) groups excluding carboxylic acids is 1. The minimum atomic E-state index is -0.352. The molecule has 1 fully saturated rings. The molecule has 5 nitrogen and oxygen atoms in total. The lowest BCUT2D eigenvalue weighted by Crippen LogP contribution is -2.41. The highest BCUT2D eigenvalue weighted by molar-refractivity contribution is 7.14. The summed E-state index contributed by atoms with van der Waals surface area (Å²) in [5, 5.41) is 9.74. The summed E-state index contributed by atoms with van der Waals surface area (Å²) in [6.07, 6.45) is 1.75. The van der Waals surface area contributed by atoms with Gasteiger partial charge in [0.25, 0.3) is 5.91 Å². The number of hydrogen-bond donors (Lipinski definition) is 0. The molecule has 1 amide bonds. The molecule has 2 heterocycles. The van der Waals surface area contributed by atoms with Crippen LogP contribution < -0.4 is 4.74 Å². The molecule has 1 unspecified atom stereocenters. The summed E-state index contributed by atoms with van der Waals surface area (Å²) >= 11 is 1.37. The lowest BCUT2D eigenvalue weighted by Gasteiger charge is -2.31. The number of halogens is 2. The summed E-state index contributed by atoms with van der Waals surface area (Å²) in [4.78, 5) is 14.3. The van der Waals surface area contributed by atoms with Crippen LogP contribution in [0.5, 0.6) is 5.75 Å². The molecule has 1 aliphatic heterocycles. The molecule has 8 heteroatoms. The lowest BCUT2D eigenvalue weighted by atomic mass is 9.99. The standard InChI is InChI=1S/C21H19F2N3O2S/c22-15-7-9-16(10-8-15)28-13-19(27)26-11-3-4-14(12-26)20-24-25-21(29-20)17-5-1-2-6-18(17)23/h1-2,5-10,14H,3-4,11-13H2. The van der Waals surface area contributed by atoms with Crippen molar-refractivity contribution in [3.8, 4) is 16.3 Å². The van der Waals surface area contributed by atoms with Crippen LogP contribution in [0.1, 0.15) is 23.8 Å². The Morgan fingerprint density at radius 2 is 1.93 bits per heavy atom. The number of rotatable bonds is 5. The largest absolute Gasteiger partial charge is 0.484 e. The third-order valence-corrected chi connectivity index (χ3v) is 5.96. The first-order valence-corrected chi connectivity index (χ1v) is 10.2. The summed E-state index contributed by atoms with van der Waals surface area (Å²) in [6, 6.07) is 12.1. The molecule has 29 heavy (non-hydrogen) atoms. The zero-order valence-corrected chi connectivity index (χ0v) is 16.4. The zero-order chi connectivity index (χ0) is 20.2. The quantitative estimate of drug-likeness (QED) is 0.625. The summed E-state index contributed by atoms with van der Waals surface area (Å²) < 4.78 is 32.4. The summed E-state index contributed by atoms with van der Waals surface area (Å²) in [7, 11) is 0. The first-order chi connectivity index (χ1) is 14.1. The van der Waals surface area contributed by atoms with Gasteiger partial charge in [-0.3, -0.25) is 4.79 Å². The molecular weight excluding hydrogens is 396 g/mol. The van der Waals surface area contributed by atoms with E-state index < -0.39 is 0 Å². The molecule has 0 bridgehead atoms. The van der Waals surface area contributed by atoms with Gasteiger partial charge in [-0.15, -0.1) is 10.2 Å². The van der Waals surface area contributed by atoms with Crippen molar-refractivity contribution in [3.63, 3.8) is 0 Å². The molecule has 0 N–H and O–H groups in total. The van der Waals surface area contributed by atoms with Crippen LogP contribution in [-0.4, -0.2) is 40.7 Å². The minimum Gasteiger partial charge on any atom is -0.484 e. The fraction of sp³-hybridized carbons (Fsp3) is 0.286. The molecule has 1 aromatic heterocycles. The number of aromatic nitrogens is 2. The highest BCUT2D eigenvalue weighted by Crippen LogP contribution is 2.33. The molecule has 3 aromatic rings. The van der Waals surface area contributed by atoms with E-state index in [0.717, 1.165) is 17.8 Å². The van der Waals surface area contributed by atoms with Crippen molar-refractivity contribution < 1.29 is 18.3 Å². The van der Waals surface area contributed by atoms with E-state index in [1.807, 2.05) is 0 Å². The molecule has 4 rings (SSSR count). The van der Waals surface area contributed by atoms with Crippen molar-refractivity contribution in [2.75, 3.05) is 19.7 Å². The SMILES string of the molecule is O=C(COc1ccc(F)cc1)N1CCCC(c2nnc(-c3ccccc3F)s2)C1. The molecule has 1 aliphatic rings. The Morgan fingerprint density at radius 1 is 1.14 bits per heavy atom. The first-order valence-electron chi connectivity index (χ1n) is 9.34. The Hall–Kier alpha value is -2.87. The Balaban J connectivity index is 1.39. The maximum atomic E-state index is 14.0. The van der Waals surface area contributed by atoms with Crippen molar-refractivity contribution in [1.82, 2.24) is 15.1 Å². The van der Waals surface area contributed by atoms with Crippen LogP contribution in [0.15, 0.2) is 48.5 Å². The molecule has 2 aromatic carbocycles. The van der Waals surface area contributed by atoms with E-state index in [2.05, 4.69) is 10.2 Å². The highest BCUT2D eigenvalue weighted by Gasteiger charge is 2.27. The maximum Gasteiger partial charge on any atom is 0.260 e. The van der Waals surface area contributed by atoms with Crippen molar-refractivity contribution in [2.24, 2.45) is 0 Å². The average molecular weight is 415 g/mol. The second-order valence-electron chi connectivity index (χ2n) is 6.85. The highest BCUT2D eigenvalue weighted by atomic mass is 32.1. The van der Waals surface area contributed by atoms with Gasteiger partial charge in [0.05, 0.1) is 0 Å². The van der Waals surface area contributed by atoms with Crippen molar-refractivity contribution in [3.05, 3.63) is 65.2 Å². The van der Waals surface area contributed by atoms with E-state index in [9.17, 15) is 13.6 Å².